The van der Waals surface area contributed by atoms with Gasteiger partial charge in [-0.2, -0.15) is 5.26 Å². The molecule has 0 amide bonds. The highest BCUT2D eigenvalue weighted by atomic mass is 79.9. The van der Waals surface area contributed by atoms with Crippen molar-refractivity contribution in [1.29, 1.82) is 5.26 Å². The molecule has 21 heavy (non-hydrogen) atoms. The standard InChI is InChI=1S/C16H8BrFN2O/c17-12-5-6-15(13(18)8-12)21-16-11(9-19)7-10-3-1-2-4-14(10)20-16/h1-8H. The van der Waals surface area contributed by atoms with Crippen molar-refractivity contribution in [2.24, 2.45) is 0 Å². The molecule has 0 fully saturated rings. The minimum absolute atomic E-state index is 0.0254. The molecule has 0 N–H and O–H groups in total. The normalized spacial score (nSPS) is 10.3. The van der Waals surface area contributed by atoms with E-state index in [0.717, 1.165) is 5.39 Å². The number of hydrogen-bond donors (Lipinski definition) is 0. The second-order valence-corrected chi connectivity index (χ2v) is 5.24. The van der Waals surface area contributed by atoms with Crippen molar-refractivity contribution in [3.05, 3.63) is 64.4 Å². The number of benzene rings is 2. The number of pyridine rings is 1. The molecule has 102 valence electrons. The van der Waals surface area contributed by atoms with Gasteiger partial charge in [0.1, 0.15) is 11.6 Å². The van der Waals surface area contributed by atoms with Crippen molar-refractivity contribution >= 4 is 26.8 Å². The Labute approximate surface area is 128 Å². The average molecular weight is 343 g/mol. The van der Waals surface area contributed by atoms with Crippen molar-refractivity contribution in [3.8, 4) is 17.7 Å². The van der Waals surface area contributed by atoms with Crippen LogP contribution in [0.1, 0.15) is 5.56 Å². The van der Waals surface area contributed by atoms with Crippen molar-refractivity contribution in [1.82, 2.24) is 4.98 Å². The highest BCUT2D eigenvalue weighted by Gasteiger charge is 2.12. The molecule has 0 bridgehead atoms. The molecule has 0 aliphatic heterocycles. The Balaban J connectivity index is 2.09. The van der Waals surface area contributed by atoms with Crippen molar-refractivity contribution in [2.75, 3.05) is 0 Å². The fourth-order valence-corrected chi connectivity index (χ4v) is 2.25. The zero-order chi connectivity index (χ0) is 14.8. The van der Waals surface area contributed by atoms with Crippen molar-refractivity contribution in [2.45, 2.75) is 0 Å². The Kier molecular flexibility index (Phi) is 3.55. The number of para-hydroxylation sites is 1. The van der Waals surface area contributed by atoms with Gasteiger partial charge in [-0.1, -0.05) is 34.1 Å². The number of ether oxygens (including phenoxy) is 1. The number of fused-ring (bicyclic) bond motifs is 1. The second kappa shape index (κ2) is 5.51. The lowest BCUT2D eigenvalue weighted by Crippen LogP contribution is -1.95. The van der Waals surface area contributed by atoms with E-state index in [2.05, 4.69) is 20.9 Å². The fraction of sp³-hybridized carbons (Fsp3) is 0. The molecular formula is C16H8BrFN2O. The monoisotopic (exact) mass is 342 g/mol. The van der Waals surface area contributed by atoms with Crippen LogP contribution in [0.2, 0.25) is 0 Å². The van der Waals surface area contributed by atoms with E-state index in [4.69, 9.17) is 4.74 Å². The van der Waals surface area contributed by atoms with Gasteiger partial charge in [0.2, 0.25) is 5.88 Å². The molecular weight excluding hydrogens is 335 g/mol. The summed E-state index contributed by atoms with van der Waals surface area (Å²) in [4.78, 5) is 4.28. The third kappa shape index (κ3) is 2.71. The smallest absolute Gasteiger partial charge is 0.238 e. The van der Waals surface area contributed by atoms with Gasteiger partial charge < -0.3 is 4.74 Å². The molecule has 2 aromatic carbocycles. The molecule has 0 unspecified atom stereocenters. The lowest BCUT2D eigenvalue weighted by Gasteiger charge is -2.08. The zero-order valence-electron chi connectivity index (χ0n) is 10.7. The van der Waals surface area contributed by atoms with E-state index in [-0.39, 0.29) is 17.2 Å². The molecule has 0 radical (unpaired) electrons. The summed E-state index contributed by atoms with van der Waals surface area (Å²) >= 11 is 3.18. The number of hydrogen-bond acceptors (Lipinski definition) is 3. The first-order chi connectivity index (χ1) is 10.2. The number of rotatable bonds is 2. The highest BCUT2D eigenvalue weighted by Crippen LogP contribution is 2.29. The first kappa shape index (κ1) is 13.5. The molecule has 5 heteroatoms. The van der Waals surface area contributed by atoms with Crippen LogP contribution in [0.3, 0.4) is 0 Å². The van der Waals surface area contributed by atoms with Crippen LogP contribution in [0, 0.1) is 17.1 Å². The van der Waals surface area contributed by atoms with Crippen molar-refractivity contribution < 1.29 is 9.13 Å². The van der Waals surface area contributed by atoms with Crippen LogP contribution < -0.4 is 4.74 Å². The Morgan fingerprint density at radius 1 is 1.14 bits per heavy atom. The summed E-state index contributed by atoms with van der Waals surface area (Å²) < 4.78 is 19.9. The summed E-state index contributed by atoms with van der Waals surface area (Å²) in [5.41, 5.74) is 0.944. The summed E-state index contributed by atoms with van der Waals surface area (Å²) in [6, 6.07) is 15.5. The van der Waals surface area contributed by atoms with Gasteiger partial charge in [0.05, 0.1) is 5.52 Å². The first-order valence-electron chi connectivity index (χ1n) is 6.10. The van der Waals surface area contributed by atoms with Gasteiger partial charge in [-0.15, -0.1) is 0 Å². The van der Waals surface area contributed by atoms with E-state index in [9.17, 15) is 9.65 Å². The molecule has 0 aliphatic rings. The molecule has 0 spiro atoms. The van der Waals surface area contributed by atoms with Crippen LogP contribution in [0.25, 0.3) is 10.9 Å². The van der Waals surface area contributed by atoms with Gasteiger partial charge in [0.15, 0.2) is 11.6 Å². The van der Waals surface area contributed by atoms with Crippen LogP contribution in [-0.2, 0) is 0 Å². The van der Waals surface area contributed by atoms with Crippen LogP contribution in [-0.4, -0.2) is 4.98 Å². The molecule has 0 saturated carbocycles. The van der Waals surface area contributed by atoms with Crippen molar-refractivity contribution in [3.63, 3.8) is 0 Å². The topological polar surface area (TPSA) is 45.9 Å². The molecule has 3 rings (SSSR count). The van der Waals surface area contributed by atoms with E-state index in [1.54, 1.807) is 18.2 Å². The van der Waals surface area contributed by atoms with E-state index in [0.29, 0.717) is 9.99 Å². The summed E-state index contributed by atoms with van der Waals surface area (Å²) in [5.74, 6) is -0.405. The van der Waals surface area contributed by atoms with E-state index >= 15 is 0 Å². The van der Waals surface area contributed by atoms with Gasteiger partial charge in [-0.25, -0.2) is 9.37 Å². The van der Waals surface area contributed by atoms with Gasteiger partial charge >= 0.3 is 0 Å². The summed E-state index contributed by atoms with van der Waals surface area (Å²) in [6.45, 7) is 0. The highest BCUT2D eigenvalue weighted by molar-refractivity contribution is 9.10. The predicted octanol–water partition coefficient (Wildman–Crippen LogP) is 4.80. The van der Waals surface area contributed by atoms with E-state index in [1.807, 2.05) is 24.3 Å². The van der Waals surface area contributed by atoms with Crippen LogP contribution in [0.15, 0.2) is 53.0 Å². The quantitative estimate of drug-likeness (QED) is 0.671. The average Bonchev–Trinajstić information content (AvgIpc) is 2.49. The third-order valence-corrected chi connectivity index (χ3v) is 3.40. The lowest BCUT2D eigenvalue weighted by molar-refractivity contribution is 0.427. The molecule has 3 nitrogen and oxygen atoms in total. The van der Waals surface area contributed by atoms with Crippen LogP contribution >= 0.6 is 15.9 Å². The molecule has 0 aliphatic carbocycles. The maximum atomic E-state index is 13.8. The number of aromatic nitrogens is 1. The van der Waals surface area contributed by atoms with E-state index in [1.165, 1.54) is 12.1 Å². The number of nitrogens with zero attached hydrogens (tertiary/aromatic N) is 2. The molecule has 3 aromatic rings. The zero-order valence-corrected chi connectivity index (χ0v) is 12.3. The molecule has 0 saturated heterocycles. The third-order valence-electron chi connectivity index (χ3n) is 2.91. The van der Waals surface area contributed by atoms with Gasteiger partial charge in [0, 0.05) is 9.86 Å². The second-order valence-electron chi connectivity index (χ2n) is 4.32. The van der Waals surface area contributed by atoms with Gasteiger partial charge in [0.25, 0.3) is 0 Å². The first-order valence-corrected chi connectivity index (χ1v) is 6.89. The Morgan fingerprint density at radius 2 is 1.95 bits per heavy atom. The Morgan fingerprint density at radius 3 is 2.71 bits per heavy atom. The van der Waals surface area contributed by atoms with Crippen LogP contribution in [0.5, 0.6) is 11.6 Å². The van der Waals surface area contributed by atoms with E-state index < -0.39 is 5.82 Å². The summed E-state index contributed by atoms with van der Waals surface area (Å²) in [7, 11) is 0. The number of nitriles is 1. The summed E-state index contributed by atoms with van der Waals surface area (Å²) in [5, 5.41) is 10.0. The largest absolute Gasteiger partial charge is 0.435 e. The Hall–Kier alpha value is -2.45. The number of halogens is 2. The fourth-order valence-electron chi connectivity index (χ4n) is 1.92. The van der Waals surface area contributed by atoms with Gasteiger partial charge in [-0.05, 0) is 30.3 Å². The summed E-state index contributed by atoms with van der Waals surface area (Å²) in [6.07, 6.45) is 0. The molecule has 0 atom stereocenters. The lowest BCUT2D eigenvalue weighted by atomic mass is 10.1. The minimum Gasteiger partial charge on any atom is -0.435 e. The van der Waals surface area contributed by atoms with Crippen LogP contribution in [0.4, 0.5) is 4.39 Å². The maximum Gasteiger partial charge on any atom is 0.238 e. The SMILES string of the molecule is N#Cc1cc2ccccc2nc1Oc1ccc(Br)cc1F. The molecule has 1 aromatic heterocycles. The minimum atomic E-state index is -0.525. The Bertz CT molecular complexity index is 874. The predicted molar refractivity (Wildman–Crippen MR) is 80.6 cm³/mol. The molecule has 1 heterocycles. The van der Waals surface area contributed by atoms with Gasteiger partial charge in [-0.3, -0.25) is 0 Å². The maximum absolute atomic E-state index is 13.8.